The molecule has 0 spiro atoms. The van der Waals surface area contributed by atoms with Crippen LogP contribution in [0.25, 0.3) is 32.7 Å². The zero-order chi connectivity index (χ0) is 21.4. The van der Waals surface area contributed by atoms with E-state index in [1.165, 1.54) is 21.9 Å². The number of aryl methyl sites for hydroxylation is 2. The van der Waals surface area contributed by atoms with E-state index in [1.54, 1.807) is 7.11 Å². The summed E-state index contributed by atoms with van der Waals surface area (Å²) in [5, 5.41) is 4.71. The molecular weight excluding hydrogens is 380 g/mol. The first-order valence-corrected chi connectivity index (χ1v) is 10.4. The van der Waals surface area contributed by atoms with Crippen molar-refractivity contribution in [3.63, 3.8) is 0 Å². The number of H-pyrrole nitrogens is 1. The second-order valence-corrected chi connectivity index (χ2v) is 7.94. The Morgan fingerprint density at radius 3 is 2.10 bits per heavy atom. The van der Waals surface area contributed by atoms with Crippen LogP contribution < -0.4 is 4.74 Å². The fraction of sp³-hybridized carbons (Fsp3) is 0.107. The monoisotopic (exact) mass is 404 g/mol. The third-order valence-electron chi connectivity index (χ3n) is 5.73. The van der Waals surface area contributed by atoms with Crippen molar-refractivity contribution in [3.8, 4) is 16.9 Å². The van der Waals surface area contributed by atoms with Crippen molar-refractivity contribution in [2.45, 2.75) is 13.8 Å². The Balaban J connectivity index is 1.87. The average molecular weight is 405 g/mol. The van der Waals surface area contributed by atoms with Gasteiger partial charge in [-0.15, -0.1) is 0 Å². The SMILES string of the molecule is COc1ccc2cc(C)ccc2c1-c1c(N=Cc2ccc[nH]2)ccc2cc(C)ccc12. The molecule has 0 saturated heterocycles. The Morgan fingerprint density at radius 2 is 1.45 bits per heavy atom. The predicted octanol–water partition coefficient (Wildman–Crippen LogP) is 7.36. The maximum Gasteiger partial charge on any atom is 0.127 e. The van der Waals surface area contributed by atoms with Gasteiger partial charge in [0.25, 0.3) is 0 Å². The highest BCUT2D eigenvalue weighted by Gasteiger charge is 2.17. The van der Waals surface area contributed by atoms with Gasteiger partial charge in [0.15, 0.2) is 0 Å². The summed E-state index contributed by atoms with van der Waals surface area (Å²) in [6.45, 7) is 4.24. The molecule has 4 aromatic carbocycles. The van der Waals surface area contributed by atoms with Gasteiger partial charge in [0.1, 0.15) is 5.75 Å². The van der Waals surface area contributed by atoms with E-state index in [-0.39, 0.29) is 0 Å². The summed E-state index contributed by atoms with van der Waals surface area (Å²) in [6.07, 6.45) is 3.78. The normalized spacial score (nSPS) is 11.6. The molecule has 0 atom stereocenters. The number of ether oxygens (including phenoxy) is 1. The van der Waals surface area contributed by atoms with Crippen LogP contribution >= 0.6 is 0 Å². The molecule has 3 heteroatoms. The maximum absolute atomic E-state index is 5.86. The van der Waals surface area contributed by atoms with Crippen LogP contribution in [0, 0.1) is 13.8 Å². The number of benzene rings is 4. The third-order valence-corrected chi connectivity index (χ3v) is 5.73. The fourth-order valence-electron chi connectivity index (χ4n) is 4.23. The highest BCUT2D eigenvalue weighted by atomic mass is 16.5. The van der Waals surface area contributed by atoms with Crippen LogP contribution in [0.2, 0.25) is 0 Å². The lowest BCUT2D eigenvalue weighted by atomic mass is 9.90. The molecule has 0 saturated carbocycles. The lowest BCUT2D eigenvalue weighted by Gasteiger charge is -2.17. The van der Waals surface area contributed by atoms with Crippen LogP contribution in [0.15, 0.2) is 84.0 Å². The van der Waals surface area contributed by atoms with Gasteiger partial charge in [-0.25, -0.2) is 0 Å². The first kappa shape index (κ1) is 19.1. The number of methoxy groups -OCH3 is 1. The molecule has 0 aliphatic rings. The van der Waals surface area contributed by atoms with Crippen molar-refractivity contribution in [2.75, 3.05) is 7.11 Å². The van der Waals surface area contributed by atoms with Gasteiger partial charge in [-0.2, -0.15) is 0 Å². The van der Waals surface area contributed by atoms with Crippen LogP contribution in [-0.2, 0) is 0 Å². The van der Waals surface area contributed by atoms with Gasteiger partial charge in [-0.3, -0.25) is 4.99 Å². The summed E-state index contributed by atoms with van der Waals surface area (Å²) in [6, 6.07) is 25.6. The van der Waals surface area contributed by atoms with Gasteiger partial charge < -0.3 is 9.72 Å². The predicted molar refractivity (Wildman–Crippen MR) is 131 cm³/mol. The first-order valence-electron chi connectivity index (χ1n) is 10.4. The van der Waals surface area contributed by atoms with Gasteiger partial charge in [-0.05, 0) is 59.7 Å². The minimum Gasteiger partial charge on any atom is -0.496 e. The molecule has 5 aromatic rings. The smallest absolute Gasteiger partial charge is 0.127 e. The summed E-state index contributed by atoms with van der Waals surface area (Å²) in [4.78, 5) is 8.08. The Morgan fingerprint density at radius 1 is 0.774 bits per heavy atom. The van der Waals surface area contributed by atoms with E-state index in [0.29, 0.717) is 0 Å². The number of hydrogen-bond acceptors (Lipinski definition) is 2. The van der Waals surface area contributed by atoms with Crippen molar-refractivity contribution >= 4 is 33.4 Å². The minimum atomic E-state index is 0.848. The van der Waals surface area contributed by atoms with Crippen LogP contribution in [0.3, 0.4) is 0 Å². The molecular formula is C28H24N2O. The van der Waals surface area contributed by atoms with Gasteiger partial charge in [0, 0.05) is 17.3 Å². The van der Waals surface area contributed by atoms with Gasteiger partial charge in [-0.1, -0.05) is 59.7 Å². The Hall–Kier alpha value is -3.85. The summed E-state index contributed by atoms with van der Waals surface area (Å²) in [5.41, 5.74) is 6.52. The Bertz CT molecular complexity index is 1430. The van der Waals surface area contributed by atoms with Crippen LogP contribution in [0.4, 0.5) is 5.69 Å². The summed E-state index contributed by atoms with van der Waals surface area (Å²) < 4.78 is 5.86. The third kappa shape index (κ3) is 3.49. The zero-order valence-corrected chi connectivity index (χ0v) is 17.9. The van der Waals surface area contributed by atoms with Gasteiger partial charge >= 0.3 is 0 Å². The zero-order valence-electron chi connectivity index (χ0n) is 17.9. The molecule has 0 fully saturated rings. The molecule has 1 aromatic heterocycles. The summed E-state index contributed by atoms with van der Waals surface area (Å²) >= 11 is 0. The standard InChI is InChI=1S/C28H24N2O/c1-18-6-10-23-20(15-18)8-12-25(30-17-22-5-4-14-29-22)27(23)28-24-11-7-19(2)16-21(24)9-13-26(28)31-3/h4-17,29H,1-3H3. The Kier molecular flexibility index (Phi) is 4.79. The molecule has 0 aliphatic heterocycles. The largest absolute Gasteiger partial charge is 0.496 e. The number of rotatable bonds is 4. The number of fused-ring (bicyclic) bond motifs is 2. The number of nitrogens with one attached hydrogen (secondary N) is 1. The highest BCUT2D eigenvalue weighted by Crippen LogP contribution is 2.45. The highest BCUT2D eigenvalue weighted by molar-refractivity contribution is 6.12. The minimum absolute atomic E-state index is 0.848. The van der Waals surface area contributed by atoms with Crippen LogP contribution in [0.1, 0.15) is 16.8 Å². The maximum atomic E-state index is 5.86. The molecule has 0 unspecified atom stereocenters. The number of aliphatic imine (C=N–C) groups is 1. The Labute approximate surface area is 182 Å². The lowest BCUT2D eigenvalue weighted by molar-refractivity contribution is 0.417. The first-order chi connectivity index (χ1) is 15.1. The van der Waals surface area contributed by atoms with E-state index in [0.717, 1.165) is 39.0 Å². The quantitative estimate of drug-likeness (QED) is 0.312. The van der Waals surface area contributed by atoms with E-state index >= 15 is 0 Å². The topological polar surface area (TPSA) is 37.4 Å². The number of aromatic amines is 1. The van der Waals surface area contributed by atoms with E-state index in [1.807, 2.05) is 24.5 Å². The summed E-state index contributed by atoms with van der Waals surface area (Å²) in [5.74, 6) is 0.848. The fourth-order valence-corrected chi connectivity index (χ4v) is 4.23. The number of hydrogen-bond donors (Lipinski definition) is 1. The molecule has 1 N–H and O–H groups in total. The molecule has 1 heterocycles. The average Bonchev–Trinajstić information content (AvgIpc) is 3.30. The number of aromatic nitrogens is 1. The van der Waals surface area contributed by atoms with E-state index in [9.17, 15) is 0 Å². The van der Waals surface area contributed by atoms with Crippen LogP contribution in [0.5, 0.6) is 5.75 Å². The van der Waals surface area contributed by atoms with Crippen molar-refractivity contribution in [2.24, 2.45) is 4.99 Å². The van der Waals surface area contributed by atoms with E-state index < -0.39 is 0 Å². The van der Waals surface area contributed by atoms with Gasteiger partial charge in [0.05, 0.1) is 24.7 Å². The molecule has 0 radical (unpaired) electrons. The molecule has 0 bridgehead atoms. The van der Waals surface area contributed by atoms with Crippen molar-refractivity contribution in [1.29, 1.82) is 0 Å². The lowest BCUT2D eigenvalue weighted by Crippen LogP contribution is -1.93. The summed E-state index contributed by atoms with van der Waals surface area (Å²) in [7, 11) is 1.73. The molecule has 152 valence electrons. The molecule has 3 nitrogen and oxygen atoms in total. The molecule has 31 heavy (non-hydrogen) atoms. The van der Waals surface area contributed by atoms with Crippen molar-refractivity contribution in [3.05, 3.63) is 95.8 Å². The number of nitrogens with zero attached hydrogens (tertiary/aromatic N) is 1. The molecule has 5 rings (SSSR count). The van der Waals surface area contributed by atoms with Crippen molar-refractivity contribution < 1.29 is 4.74 Å². The molecule has 0 aliphatic carbocycles. The molecule has 0 amide bonds. The van der Waals surface area contributed by atoms with Gasteiger partial charge in [0.2, 0.25) is 0 Å². The second-order valence-electron chi connectivity index (χ2n) is 7.94. The van der Waals surface area contributed by atoms with E-state index in [4.69, 9.17) is 9.73 Å². The van der Waals surface area contributed by atoms with E-state index in [2.05, 4.69) is 79.5 Å². The van der Waals surface area contributed by atoms with Crippen molar-refractivity contribution in [1.82, 2.24) is 4.98 Å². The van der Waals surface area contributed by atoms with Crippen LogP contribution in [-0.4, -0.2) is 18.3 Å². The second kappa shape index (κ2) is 7.77.